The van der Waals surface area contributed by atoms with E-state index in [1.165, 1.54) is 18.2 Å². The van der Waals surface area contributed by atoms with Crippen molar-refractivity contribution in [3.8, 4) is 10.4 Å². The van der Waals surface area contributed by atoms with Gasteiger partial charge in [-0.05, 0) is 30.2 Å². The number of aromatic carboxylic acids is 1. The summed E-state index contributed by atoms with van der Waals surface area (Å²) in [6.07, 6.45) is -3.31. The van der Waals surface area contributed by atoms with Crippen molar-refractivity contribution < 1.29 is 23.1 Å². The summed E-state index contributed by atoms with van der Waals surface area (Å²) in [5, 5.41) is 7.91. The summed E-state index contributed by atoms with van der Waals surface area (Å²) in [6.45, 7) is 1.65. The van der Waals surface area contributed by atoms with Crippen LogP contribution in [0.4, 0.5) is 13.2 Å². The summed E-state index contributed by atoms with van der Waals surface area (Å²) in [5.41, 5.74) is 1.25. The van der Waals surface area contributed by atoms with Gasteiger partial charge in [0.1, 0.15) is 0 Å². The topological polar surface area (TPSA) is 50.2 Å². The highest BCUT2D eigenvalue weighted by molar-refractivity contribution is 7.15. The number of aromatic nitrogens is 1. The van der Waals surface area contributed by atoms with Gasteiger partial charge in [0.25, 0.3) is 0 Å². The zero-order valence-corrected chi connectivity index (χ0v) is 10.5. The standard InChI is InChI=1S/C12H8F3NO2S/c1-6-4-7(10(17)18)2-3-8(6)9-5-16-11(19-9)12(13,14)15/h2-5H,1H3,(H,17,18). The molecule has 0 aliphatic carbocycles. The van der Waals surface area contributed by atoms with E-state index in [1.54, 1.807) is 6.92 Å². The van der Waals surface area contributed by atoms with Crippen LogP contribution in [0.2, 0.25) is 0 Å². The molecule has 0 radical (unpaired) electrons. The lowest BCUT2D eigenvalue weighted by Crippen LogP contribution is -2.02. The number of carbonyl (C=O) groups is 1. The van der Waals surface area contributed by atoms with Crippen LogP contribution in [0.25, 0.3) is 10.4 Å². The van der Waals surface area contributed by atoms with Crippen molar-refractivity contribution in [2.45, 2.75) is 13.1 Å². The number of carboxylic acids is 1. The van der Waals surface area contributed by atoms with Gasteiger partial charge in [0.2, 0.25) is 0 Å². The van der Waals surface area contributed by atoms with E-state index >= 15 is 0 Å². The van der Waals surface area contributed by atoms with Crippen LogP contribution in [0, 0.1) is 6.92 Å². The second-order valence-electron chi connectivity index (χ2n) is 3.86. The zero-order chi connectivity index (χ0) is 14.2. The van der Waals surface area contributed by atoms with Crippen LogP contribution in [0.1, 0.15) is 20.9 Å². The molecule has 0 saturated carbocycles. The first-order chi connectivity index (χ1) is 8.79. The van der Waals surface area contributed by atoms with Gasteiger partial charge in [-0.3, -0.25) is 0 Å². The van der Waals surface area contributed by atoms with Crippen molar-refractivity contribution >= 4 is 17.3 Å². The maximum absolute atomic E-state index is 12.5. The average molecular weight is 287 g/mol. The monoisotopic (exact) mass is 287 g/mol. The van der Waals surface area contributed by atoms with Gasteiger partial charge in [0, 0.05) is 6.20 Å². The van der Waals surface area contributed by atoms with Crippen LogP contribution in [0.15, 0.2) is 24.4 Å². The molecule has 0 saturated heterocycles. The summed E-state index contributed by atoms with van der Waals surface area (Å²) in [7, 11) is 0. The van der Waals surface area contributed by atoms with E-state index in [0.717, 1.165) is 6.20 Å². The molecule has 1 aromatic heterocycles. The normalized spacial score (nSPS) is 11.6. The summed E-state index contributed by atoms with van der Waals surface area (Å²) in [6, 6.07) is 4.27. The van der Waals surface area contributed by atoms with E-state index in [9.17, 15) is 18.0 Å². The molecule has 7 heteroatoms. The quantitative estimate of drug-likeness (QED) is 0.913. The average Bonchev–Trinajstić information content (AvgIpc) is 2.77. The van der Waals surface area contributed by atoms with E-state index in [0.29, 0.717) is 27.3 Å². The summed E-state index contributed by atoms with van der Waals surface area (Å²) >= 11 is 0.538. The third kappa shape index (κ3) is 2.76. The Labute approximate surface area is 110 Å². The third-order valence-electron chi connectivity index (χ3n) is 2.49. The predicted molar refractivity (Wildman–Crippen MR) is 64.2 cm³/mol. The fourth-order valence-electron chi connectivity index (χ4n) is 1.60. The fourth-order valence-corrected chi connectivity index (χ4v) is 2.48. The molecule has 0 aliphatic rings. The minimum absolute atomic E-state index is 0.0989. The number of hydrogen-bond acceptors (Lipinski definition) is 3. The Morgan fingerprint density at radius 3 is 2.53 bits per heavy atom. The minimum atomic E-state index is -4.46. The highest BCUT2D eigenvalue weighted by Crippen LogP contribution is 2.37. The molecule has 19 heavy (non-hydrogen) atoms. The lowest BCUT2D eigenvalue weighted by molar-refractivity contribution is -0.137. The number of nitrogens with zero attached hydrogens (tertiary/aromatic N) is 1. The van der Waals surface area contributed by atoms with Crippen molar-refractivity contribution in [2.24, 2.45) is 0 Å². The molecule has 3 nitrogen and oxygen atoms in total. The molecule has 1 N–H and O–H groups in total. The summed E-state index contributed by atoms with van der Waals surface area (Å²) in [5.74, 6) is -1.07. The van der Waals surface area contributed by atoms with Gasteiger partial charge < -0.3 is 5.11 Å². The van der Waals surface area contributed by atoms with Gasteiger partial charge in [0.15, 0.2) is 5.01 Å². The number of benzene rings is 1. The smallest absolute Gasteiger partial charge is 0.443 e. The van der Waals surface area contributed by atoms with Gasteiger partial charge in [-0.25, -0.2) is 9.78 Å². The van der Waals surface area contributed by atoms with Crippen LogP contribution >= 0.6 is 11.3 Å². The maximum Gasteiger partial charge on any atom is 0.443 e. The van der Waals surface area contributed by atoms with Gasteiger partial charge in [0.05, 0.1) is 10.4 Å². The Balaban J connectivity index is 2.43. The fraction of sp³-hybridized carbons (Fsp3) is 0.167. The van der Waals surface area contributed by atoms with E-state index in [1.807, 2.05) is 0 Å². The summed E-state index contributed by atoms with van der Waals surface area (Å²) in [4.78, 5) is 14.5. The predicted octanol–water partition coefficient (Wildman–Crippen LogP) is 3.84. The molecular weight excluding hydrogens is 279 g/mol. The van der Waals surface area contributed by atoms with E-state index in [-0.39, 0.29) is 5.56 Å². The summed E-state index contributed by atoms with van der Waals surface area (Å²) < 4.78 is 37.4. The largest absolute Gasteiger partial charge is 0.478 e. The molecule has 100 valence electrons. The third-order valence-corrected chi connectivity index (χ3v) is 3.56. The second-order valence-corrected chi connectivity index (χ2v) is 4.89. The van der Waals surface area contributed by atoms with Crippen LogP contribution in [-0.2, 0) is 6.18 Å². The Morgan fingerprint density at radius 2 is 2.05 bits per heavy atom. The maximum atomic E-state index is 12.5. The van der Waals surface area contributed by atoms with Crippen molar-refractivity contribution in [1.82, 2.24) is 4.98 Å². The first-order valence-electron chi connectivity index (χ1n) is 5.16. The molecule has 0 unspecified atom stereocenters. The number of carboxylic acid groups (broad SMARTS) is 1. The van der Waals surface area contributed by atoms with Gasteiger partial charge in [-0.2, -0.15) is 13.2 Å². The minimum Gasteiger partial charge on any atom is -0.478 e. The number of rotatable bonds is 2. The molecule has 0 fully saturated rings. The first-order valence-corrected chi connectivity index (χ1v) is 5.98. The Bertz CT molecular complexity index is 634. The highest BCUT2D eigenvalue weighted by Gasteiger charge is 2.34. The van der Waals surface area contributed by atoms with E-state index in [4.69, 9.17) is 5.11 Å². The van der Waals surface area contributed by atoms with Crippen molar-refractivity contribution in [3.05, 3.63) is 40.5 Å². The SMILES string of the molecule is Cc1cc(C(=O)O)ccc1-c1cnc(C(F)(F)F)s1. The highest BCUT2D eigenvalue weighted by atomic mass is 32.1. The van der Waals surface area contributed by atoms with E-state index < -0.39 is 17.2 Å². The Morgan fingerprint density at radius 1 is 1.37 bits per heavy atom. The number of halogens is 3. The zero-order valence-electron chi connectivity index (χ0n) is 9.65. The lowest BCUT2D eigenvalue weighted by Gasteiger charge is -2.04. The molecule has 0 bridgehead atoms. The van der Waals surface area contributed by atoms with Crippen molar-refractivity contribution in [3.63, 3.8) is 0 Å². The Kier molecular flexibility index (Phi) is 3.32. The first kappa shape index (κ1) is 13.5. The molecule has 2 aromatic rings. The van der Waals surface area contributed by atoms with Gasteiger partial charge in [-0.1, -0.05) is 6.07 Å². The molecular formula is C12H8F3NO2S. The number of hydrogen-bond donors (Lipinski definition) is 1. The lowest BCUT2D eigenvalue weighted by atomic mass is 10.0. The number of aryl methyl sites for hydroxylation is 1. The van der Waals surface area contributed by atoms with Crippen molar-refractivity contribution in [2.75, 3.05) is 0 Å². The molecule has 0 atom stereocenters. The molecule has 1 aromatic carbocycles. The molecule has 0 aliphatic heterocycles. The molecule has 0 spiro atoms. The van der Waals surface area contributed by atoms with Crippen LogP contribution in [-0.4, -0.2) is 16.1 Å². The molecule has 1 heterocycles. The number of thiazole rings is 1. The Hall–Kier alpha value is -1.89. The van der Waals surface area contributed by atoms with Gasteiger partial charge in [-0.15, -0.1) is 11.3 Å². The second kappa shape index (κ2) is 4.65. The van der Waals surface area contributed by atoms with Gasteiger partial charge >= 0.3 is 12.1 Å². The van der Waals surface area contributed by atoms with E-state index in [2.05, 4.69) is 4.98 Å². The molecule has 0 amide bonds. The number of alkyl halides is 3. The van der Waals surface area contributed by atoms with Crippen LogP contribution in [0.3, 0.4) is 0 Å². The van der Waals surface area contributed by atoms with Crippen LogP contribution < -0.4 is 0 Å². The molecule has 2 rings (SSSR count). The van der Waals surface area contributed by atoms with Crippen molar-refractivity contribution in [1.29, 1.82) is 0 Å². The van der Waals surface area contributed by atoms with Crippen LogP contribution in [0.5, 0.6) is 0 Å².